The van der Waals surface area contributed by atoms with E-state index in [0.717, 1.165) is 19.3 Å². The van der Waals surface area contributed by atoms with E-state index in [0.29, 0.717) is 38.8 Å². The summed E-state index contributed by atoms with van der Waals surface area (Å²) in [5, 5.41) is 11.6. The fourth-order valence-corrected chi connectivity index (χ4v) is 4.33. The summed E-state index contributed by atoms with van der Waals surface area (Å²) in [5.74, 6) is 1.25. The summed E-state index contributed by atoms with van der Waals surface area (Å²) < 4.78 is 17.5. The predicted molar refractivity (Wildman–Crippen MR) is 103 cm³/mol. The molecule has 2 saturated heterocycles. The van der Waals surface area contributed by atoms with Crippen LogP contribution in [0.2, 0.25) is 10.0 Å². The van der Waals surface area contributed by atoms with Crippen LogP contribution in [0.5, 0.6) is 11.5 Å². The van der Waals surface area contributed by atoms with Crippen LogP contribution < -0.4 is 9.47 Å². The summed E-state index contributed by atoms with van der Waals surface area (Å²) in [4.78, 5) is 3.94. The van der Waals surface area contributed by atoms with Crippen molar-refractivity contribution in [3.05, 3.63) is 51.8 Å². The third kappa shape index (κ3) is 3.87. The minimum atomic E-state index is -0.785. The largest absolute Gasteiger partial charge is 0.493 e. The molecule has 0 amide bonds. The first-order chi connectivity index (χ1) is 13.0. The zero-order valence-electron chi connectivity index (χ0n) is 14.9. The smallest absolute Gasteiger partial charge is 0.162 e. The molecule has 2 aliphatic rings. The Morgan fingerprint density at radius 1 is 1.22 bits per heavy atom. The van der Waals surface area contributed by atoms with Crippen LogP contribution in [-0.4, -0.2) is 35.5 Å². The molecule has 4 rings (SSSR count). The standard InChI is InChI=1S/C20H21Cl2NO4/c1-25-17-4-2-11(16(24)8-13-14(21)9-23-10-15(13)22)6-19(17)27-20-7-12-3-5-18(20)26-12/h2,4,6,9-10,12,16,18,20,24H,3,5,7-8H2,1H3. The van der Waals surface area contributed by atoms with E-state index >= 15 is 0 Å². The fraction of sp³-hybridized carbons (Fsp3) is 0.450. The van der Waals surface area contributed by atoms with Gasteiger partial charge < -0.3 is 19.3 Å². The van der Waals surface area contributed by atoms with E-state index in [4.69, 9.17) is 37.4 Å². The van der Waals surface area contributed by atoms with Gasteiger partial charge in [-0.25, -0.2) is 0 Å². The summed E-state index contributed by atoms with van der Waals surface area (Å²) in [6, 6.07) is 5.44. The first-order valence-electron chi connectivity index (χ1n) is 9.01. The van der Waals surface area contributed by atoms with Crippen molar-refractivity contribution < 1.29 is 19.3 Å². The molecule has 3 heterocycles. The molecular weight excluding hydrogens is 389 g/mol. The van der Waals surface area contributed by atoms with E-state index in [1.54, 1.807) is 13.2 Å². The number of hydrogen-bond acceptors (Lipinski definition) is 5. The Morgan fingerprint density at radius 2 is 2.00 bits per heavy atom. The summed E-state index contributed by atoms with van der Waals surface area (Å²) in [5.41, 5.74) is 1.37. The lowest BCUT2D eigenvalue weighted by atomic mass is 9.97. The van der Waals surface area contributed by atoms with E-state index in [1.165, 1.54) is 12.4 Å². The lowest BCUT2D eigenvalue weighted by molar-refractivity contribution is 0.0628. The van der Waals surface area contributed by atoms with E-state index in [9.17, 15) is 5.11 Å². The third-order valence-electron chi connectivity index (χ3n) is 5.25. The second-order valence-electron chi connectivity index (χ2n) is 6.98. The van der Waals surface area contributed by atoms with Crippen LogP contribution in [0, 0.1) is 0 Å². The highest BCUT2D eigenvalue weighted by atomic mass is 35.5. The van der Waals surface area contributed by atoms with Gasteiger partial charge in [-0.05, 0) is 36.1 Å². The number of aliphatic hydroxyl groups is 1. The number of ether oxygens (including phenoxy) is 3. The number of hydrogen-bond donors (Lipinski definition) is 1. The molecule has 2 fully saturated rings. The maximum atomic E-state index is 10.7. The van der Waals surface area contributed by atoms with Gasteiger partial charge in [-0.2, -0.15) is 0 Å². The Kier molecular flexibility index (Phi) is 5.46. The molecule has 144 valence electrons. The molecule has 2 aliphatic heterocycles. The second-order valence-corrected chi connectivity index (χ2v) is 7.79. The molecule has 1 aromatic carbocycles. The third-order valence-corrected chi connectivity index (χ3v) is 5.90. The Balaban J connectivity index is 1.54. The molecule has 5 nitrogen and oxygen atoms in total. The van der Waals surface area contributed by atoms with Gasteiger partial charge >= 0.3 is 0 Å². The minimum Gasteiger partial charge on any atom is -0.493 e. The van der Waals surface area contributed by atoms with Crippen LogP contribution in [-0.2, 0) is 11.2 Å². The quantitative estimate of drug-likeness (QED) is 0.767. The molecule has 1 aromatic heterocycles. The molecule has 0 saturated carbocycles. The lowest BCUT2D eigenvalue weighted by Gasteiger charge is -2.23. The van der Waals surface area contributed by atoms with Crippen molar-refractivity contribution >= 4 is 23.2 Å². The Bertz CT molecular complexity index is 811. The molecular formula is C20H21Cl2NO4. The highest BCUT2D eigenvalue weighted by Crippen LogP contribution is 2.40. The van der Waals surface area contributed by atoms with Crippen molar-refractivity contribution in [3.8, 4) is 11.5 Å². The summed E-state index contributed by atoms with van der Waals surface area (Å²) in [7, 11) is 1.60. The lowest BCUT2D eigenvalue weighted by Crippen LogP contribution is -2.28. The molecule has 0 spiro atoms. The van der Waals surface area contributed by atoms with Crippen LogP contribution >= 0.6 is 23.2 Å². The molecule has 1 N–H and O–H groups in total. The van der Waals surface area contributed by atoms with Crippen LogP contribution in [0.25, 0.3) is 0 Å². The zero-order chi connectivity index (χ0) is 19.0. The van der Waals surface area contributed by atoms with Gasteiger partial charge in [0.1, 0.15) is 6.10 Å². The first-order valence-corrected chi connectivity index (χ1v) is 9.76. The molecule has 0 aliphatic carbocycles. The maximum absolute atomic E-state index is 10.7. The molecule has 0 radical (unpaired) electrons. The van der Waals surface area contributed by atoms with Crippen molar-refractivity contribution in [2.45, 2.75) is 50.1 Å². The topological polar surface area (TPSA) is 60.8 Å². The molecule has 2 bridgehead atoms. The van der Waals surface area contributed by atoms with Crippen molar-refractivity contribution in [1.29, 1.82) is 0 Å². The first kappa shape index (κ1) is 18.8. The number of methoxy groups -OCH3 is 1. The number of pyridine rings is 1. The SMILES string of the molecule is COc1ccc(C(O)Cc2c(Cl)cncc2Cl)cc1OC1CC2CCC1O2. The van der Waals surface area contributed by atoms with Crippen molar-refractivity contribution in [1.82, 2.24) is 4.98 Å². The maximum Gasteiger partial charge on any atom is 0.162 e. The van der Waals surface area contributed by atoms with Crippen LogP contribution in [0.4, 0.5) is 0 Å². The monoisotopic (exact) mass is 409 g/mol. The number of halogens is 2. The van der Waals surface area contributed by atoms with E-state index < -0.39 is 6.10 Å². The van der Waals surface area contributed by atoms with E-state index in [1.807, 2.05) is 12.1 Å². The van der Waals surface area contributed by atoms with Crippen molar-refractivity contribution in [2.75, 3.05) is 7.11 Å². The minimum absolute atomic E-state index is 0.0223. The van der Waals surface area contributed by atoms with Gasteiger partial charge in [0, 0.05) is 25.2 Å². The number of benzene rings is 1. The van der Waals surface area contributed by atoms with E-state index in [2.05, 4.69) is 4.98 Å². The fourth-order valence-electron chi connectivity index (χ4n) is 3.82. The van der Waals surface area contributed by atoms with Gasteiger partial charge in [-0.3, -0.25) is 4.98 Å². The summed E-state index contributed by atoms with van der Waals surface area (Å²) >= 11 is 12.3. The van der Waals surface area contributed by atoms with Crippen molar-refractivity contribution in [2.24, 2.45) is 0 Å². The van der Waals surface area contributed by atoms with Crippen molar-refractivity contribution in [3.63, 3.8) is 0 Å². The molecule has 4 unspecified atom stereocenters. The Hall–Kier alpha value is -1.53. The van der Waals surface area contributed by atoms with Gasteiger partial charge in [0.15, 0.2) is 11.5 Å². The number of aliphatic hydroxyl groups excluding tert-OH is 1. The highest BCUT2D eigenvalue weighted by molar-refractivity contribution is 6.35. The van der Waals surface area contributed by atoms with Crippen LogP contribution in [0.3, 0.4) is 0 Å². The van der Waals surface area contributed by atoms with Gasteiger partial charge in [-0.1, -0.05) is 29.3 Å². The Labute approximate surface area is 168 Å². The molecule has 4 atom stereocenters. The average molecular weight is 410 g/mol. The number of aromatic nitrogens is 1. The van der Waals surface area contributed by atoms with Crippen LogP contribution in [0.15, 0.2) is 30.6 Å². The number of nitrogens with zero attached hydrogens (tertiary/aromatic N) is 1. The normalized spacial score (nSPS) is 24.8. The van der Waals surface area contributed by atoms with E-state index in [-0.39, 0.29) is 18.6 Å². The van der Waals surface area contributed by atoms with Gasteiger partial charge in [0.05, 0.1) is 35.5 Å². The average Bonchev–Trinajstić information content (AvgIpc) is 3.28. The summed E-state index contributed by atoms with van der Waals surface area (Å²) in [6.07, 6.45) is 6.03. The molecule has 7 heteroatoms. The number of rotatable bonds is 6. The summed E-state index contributed by atoms with van der Waals surface area (Å²) in [6.45, 7) is 0. The predicted octanol–water partition coefficient (Wildman–Crippen LogP) is 4.37. The van der Waals surface area contributed by atoms with Gasteiger partial charge in [0.25, 0.3) is 0 Å². The number of fused-ring (bicyclic) bond motifs is 2. The second kappa shape index (κ2) is 7.84. The Morgan fingerprint density at radius 3 is 2.63 bits per heavy atom. The van der Waals surface area contributed by atoms with Gasteiger partial charge in [0.2, 0.25) is 0 Å². The van der Waals surface area contributed by atoms with Crippen LogP contribution in [0.1, 0.15) is 36.5 Å². The van der Waals surface area contributed by atoms with Gasteiger partial charge in [-0.15, -0.1) is 0 Å². The molecule has 2 aromatic rings. The highest BCUT2D eigenvalue weighted by Gasteiger charge is 2.42. The zero-order valence-corrected chi connectivity index (χ0v) is 16.4. The molecule has 27 heavy (non-hydrogen) atoms.